The predicted molar refractivity (Wildman–Crippen MR) is 117 cm³/mol. The van der Waals surface area contributed by atoms with Gasteiger partial charge in [-0.15, -0.1) is 0 Å². The molecule has 156 valence electrons. The molecular formula is C25H35N3O. The van der Waals surface area contributed by atoms with Crippen molar-refractivity contribution >= 4 is 6.03 Å². The summed E-state index contributed by atoms with van der Waals surface area (Å²) >= 11 is 0. The van der Waals surface area contributed by atoms with Gasteiger partial charge in [0.25, 0.3) is 0 Å². The Morgan fingerprint density at radius 3 is 2.69 bits per heavy atom. The van der Waals surface area contributed by atoms with E-state index in [2.05, 4.69) is 46.6 Å². The average Bonchev–Trinajstić information content (AvgIpc) is 3.27. The number of rotatable bonds is 3. The van der Waals surface area contributed by atoms with Gasteiger partial charge in [-0.25, -0.2) is 4.79 Å². The van der Waals surface area contributed by atoms with Gasteiger partial charge in [0.2, 0.25) is 0 Å². The fraction of sp³-hybridized carbons (Fsp3) is 0.640. The van der Waals surface area contributed by atoms with Gasteiger partial charge in [0.1, 0.15) is 0 Å². The van der Waals surface area contributed by atoms with Gasteiger partial charge in [-0.1, -0.05) is 36.4 Å². The van der Waals surface area contributed by atoms with Gasteiger partial charge in [0, 0.05) is 27.5 Å². The van der Waals surface area contributed by atoms with Gasteiger partial charge < -0.3 is 15.1 Å². The molecule has 5 atom stereocenters. The van der Waals surface area contributed by atoms with E-state index in [1.165, 1.54) is 56.4 Å². The minimum absolute atomic E-state index is 0. The van der Waals surface area contributed by atoms with E-state index in [-0.39, 0.29) is 18.9 Å². The van der Waals surface area contributed by atoms with Crippen LogP contribution in [0.3, 0.4) is 0 Å². The summed E-state index contributed by atoms with van der Waals surface area (Å²) in [6.07, 6.45) is 11.5. The summed E-state index contributed by atoms with van der Waals surface area (Å²) in [5.41, 5.74) is 3.82. The van der Waals surface area contributed by atoms with Crippen LogP contribution in [0.15, 0.2) is 36.4 Å². The lowest BCUT2D eigenvalue weighted by Crippen LogP contribution is -2.48. The lowest BCUT2D eigenvalue weighted by atomic mass is 9.62. The molecule has 0 radical (unpaired) electrons. The third-order valence-electron chi connectivity index (χ3n) is 9.06. The van der Waals surface area contributed by atoms with Gasteiger partial charge >= 0.3 is 6.03 Å². The zero-order chi connectivity index (χ0) is 19.8. The predicted octanol–water partition coefficient (Wildman–Crippen LogP) is 4.19. The fourth-order valence-corrected chi connectivity index (χ4v) is 7.34. The molecule has 29 heavy (non-hydrogen) atoms. The van der Waals surface area contributed by atoms with Crippen LogP contribution in [0.5, 0.6) is 0 Å². The number of piperidine rings is 1. The van der Waals surface area contributed by atoms with E-state index in [1.807, 2.05) is 14.1 Å². The molecule has 2 amide bonds. The summed E-state index contributed by atoms with van der Waals surface area (Å²) in [5.74, 6) is 2.73. The summed E-state index contributed by atoms with van der Waals surface area (Å²) in [6, 6.07) is 9.00. The lowest BCUT2D eigenvalue weighted by Gasteiger charge is -2.48. The van der Waals surface area contributed by atoms with Crippen LogP contribution in [-0.4, -0.2) is 49.6 Å². The molecule has 0 bridgehead atoms. The molecule has 5 aliphatic rings. The minimum Gasteiger partial charge on any atom is -0.331 e. The smallest absolute Gasteiger partial charge is 0.317 e. The molecule has 4 heteroatoms. The maximum Gasteiger partial charge on any atom is 0.317 e. The molecule has 1 aromatic rings. The normalized spacial score (nSPS) is 38.1. The fourth-order valence-electron chi connectivity index (χ4n) is 7.34. The highest BCUT2D eigenvalue weighted by molar-refractivity contribution is 5.74. The van der Waals surface area contributed by atoms with Crippen molar-refractivity contribution in [2.45, 2.75) is 43.6 Å². The molecule has 1 unspecified atom stereocenters. The van der Waals surface area contributed by atoms with Crippen LogP contribution in [0, 0.1) is 23.2 Å². The molecule has 1 N–H and O–H groups in total. The van der Waals surface area contributed by atoms with Crippen molar-refractivity contribution < 1.29 is 6.22 Å². The highest BCUT2D eigenvalue weighted by atomic mass is 16.2. The Hall–Kier alpha value is -1.81. The van der Waals surface area contributed by atoms with Crippen LogP contribution in [-0.2, 0) is 5.41 Å². The number of urea groups is 1. The van der Waals surface area contributed by atoms with E-state index in [1.54, 1.807) is 4.90 Å². The van der Waals surface area contributed by atoms with Crippen LogP contribution in [0.1, 0.15) is 50.7 Å². The first-order chi connectivity index (χ1) is 14.0. The Bertz CT molecular complexity index is 875. The van der Waals surface area contributed by atoms with Crippen molar-refractivity contribution in [2.24, 2.45) is 23.2 Å². The standard InChI is InChI=1S/C25H33N3O.H2/c1-27(2)23(29)26-22-15-24(21-6-4-3-5-19(21)22)9-11-28(12-10-24)16-17-13-25-14-18(25)7-8-20(17)25;/h3-8,17-18,20,22H,9-16H2,1-2H3,(H,26,29);1H/t17-,18-,20+,22-,25?;/m0./s1. The maximum atomic E-state index is 12.3. The molecule has 6 rings (SSSR count). The first-order valence-corrected chi connectivity index (χ1v) is 11.5. The highest BCUT2D eigenvalue weighted by Gasteiger charge is 2.68. The second-order valence-electron chi connectivity index (χ2n) is 10.7. The molecule has 2 saturated carbocycles. The molecular weight excluding hydrogens is 358 g/mol. The van der Waals surface area contributed by atoms with Gasteiger partial charge in [-0.05, 0) is 79.5 Å². The van der Waals surface area contributed by atoms with Crippen LogP contribution in [0.2, 0.25) is 0 Å². The summed E-state index contributed by atoms with van der Waals surface area (Å²) in [6.45, 7) is 3.69. The molecule has 1 aromatic carbocycles. The number of nitrogens with one attached hydrogen (secondary N) is 1. The topological polar surface area (TPSA) is 35.6 Å². The number of nitrogens with zero attached hydrogens (tertiary/aromatic N) is 2. The van der Waals surface area contributed by atoms with Gasteiger partial charge in [-0.3, -0.25) is 0 Å². The zero-order valence-electron chi connectivity index (χ0n) is 17.7. The van der Waals surface area contributed by atoms with E-state index in [9.17, 15) is 4.79 Å². The highest BCUT2D eigenvalue weighted by Crippen LogP contribution is 2.75. The average molecular weight is 394 g/mol. The summed E-state index contributed by atoms with van der Waals surface area (Å²) < 4.78 is 0. The largest absolute Gasteiger partial charge is 0.331 e. The minimum atomic E-state index is 0. The Labute approximate surface area is 175 Å². The number of benzene rings is 1. The lowest BCUT2D eigenvalue weighted by molar-refractivity contribution is 0.0354. The van der Waals surface area contributed by atoms with Crippen LogP contribution in [0.4, 0.5) is 4.79 Å². The zero-order valence-corrected chi connectivity index (χ0v) is 17.7. The first-order valence-electron chi connectivity index (χ1n) is 11.5. The Kier molecular flexibility index (Phi) is 3.79. The van der Waals surface area contributed by atoms with Gasteiger partial charge in [0.05, 0.1) is 6.04 Å². The van der Waals surface area contributed by atoms with E-state index in [0.717, 1.165) is 29.6 Å². The van der Waals surface area contributed by atoms with Crippen LogP contribution in [0.25, 0.3) is 0 Å². The molecule has 1 aliphatic heterocycles. The first kappa shape index (κ1) is 18.0. The molecule has 3 fully saturated rings. The monoisotopic (exact) mass is 393 g/mol. The number of likely N-dealkylation sites (tertiary alicyclic amines) is 1. The maximum absolute atomic E-state index is 12.3. The van der Waals surface area contributed by atoms with E-state index >= 15 is 0 Å². The third-order valence-corrected chi connectivity index (χ3v) is 9.06. The molecule has 4 nitrogen and oxygen atoms in total. The van der Waals surface area contributed by atoms with E-state index in [0.29, 0.717) is 0 Å². The SMILES string of the molecule is CN(C)C(=O)N[C@H]1CC2(CCN(C[C@@H]3CC45C[C@@H]4C=C[C@H]35)CC2)c2ccccc21.[HH]. The van der Waals surface area contributed by atoms with Crippen molar-refractivity contribution in [2.75, 3.05) is 33.7 Å². The van der Waals surface area contributed by atoms with Crippen LogP contribution >= 0.6 is 0 Å². The number of hydrogen-bond acceptors (Lipinski definition) is 2. The number of fused-ring (bicyclic) bond motifs is 2. The van der Waals surface area contributed by atoms with Crippen molar-refractivity contribution in [3.63, 3.8) is 0 Å². The second kappa shape index (κ2) is 6.10. The molecule has 1 saturated heterocycles. The Balaban J connectivity index is 0.00000193. The summed E-state index contributed by atoms with van der Waals surface area (Å²) in [5, 5.41) is 3.27. The van der Waals surface area contributed by atoms with Crippen molar-refractivity contribution in [3.8, 4) is 0 Å². The molecule has 0 aromatic heterocycles. The number of hydrogen-bond donors (Lipinski definition) is 1. The van der Waals surface area contributed by atoms with E-state index in [4.69, 9.17) is 0 Å². The van der Waals surface area contributed by atoms with Crippen molar-refractivity contribution in [3.05, 3.63) is 47.5 Å². The van der Waals surface area contributed by atoms with Crippen molar-refractivity contribution in [1.29, 1.82) is 0 Å². The second-order valence-corrected chi connectivity index (χ2v) is 10.7. The molecule has 4 aliphatic carbocycles. The van der Waals surface area contributed by atoms with Crippen LogP contribution < -0.4 is 5.32 Å². The quantitative estimate of drug-likeness (QED) is 0.782. The number of carbonyl (C=O) groups excluding carboxylic acids is 1. The third kappa shape index (κ3) is 2.57. The van der Waals surface area contributed by atoms with Gasteiger partial charge in [0.15, 0.2) is 0 Å². The number of allylic oxidation sites excluding steroid dienone is 2. The van der Waals surface area contributed by atoms with E-state index < -0.39 is 0 Å². The molecule has 2 spiro atoms. The summed E-state index contributed by atoms with van der Waals surface area (Å²) in [7, 11) is 3.64. The van der Waals surface area contributed by atoms with Gasteiger partial charge in [-0.2, -0.15) is 0 Å². The molecule has 1 heterocycles. The number of amides is 2. The summed E-state index contributed by atoms with van der Waals surface area (Å²) in [4.78, 5) is 16.7. The van der Waals surface area contributed by atoms with Crippen molar-refractivity contribution in [1.82, 2.24) is 15.1 Å². The Morgan fingerprint density at radius 1 is 1.17 bits per heavy atom. The Morgan fingerprint density at radius 2 is 1.97 bits per heavy atom. The number of carbonyl (C=O) groups is 1.